The number of anilines is 1. The van der Waals surface area contributed by atoms with Gasteiger partial charge in [-0.25, -0.2) is 12.7 Å². The summed E-state index contributed by atoms with van der Waals surface area (Å²) < 4.78 is 28.0. The predicted octanol–water partition coefficient (Wildman–Crippen LogP) is 2.93. The van der Waals surface area contributed by atoms with Crippen LogP contribution < -0.4 is 10.7 Å². The average Bonchev–Trinajstić information content (AvgIpc) is 3.02. The largest absolute Gasteiger partial charge is 0.343 e. The third-order valence-electron chi connectivity index (χ3n) is 5.61. The van der Waals surface area contributed by atoms with E-state index in [9.17, 15) is 18.0 Å². The Labute approximate surface area is 175 Å². The summed E-state index contributed by atoms with van der Waals surface area (Å²) in [7, 11) is -0.756. The third-order valence-corrected chi connectivity index (χ3v) is 7.42. The Bertz CT molecular complexity index is 1360. The number of aromatic nitrogens is 1. The normalized spacial score (nSPS) is 15.7. The molecule has 156 valence electrons. The molecule has 0 unspecified atom stereocenters. The van der Waals surface area contributed by atoms with Gasteiger partial charge in [-0.3, -0.25) is 9.59 Å². The Morgan fingerprint density at radius 1 is 1.20 bits per heavy atom. The van der Waals surface area contributed by atoms with Gasteiger partial charge in [-0.05, 0) is 49.6 Å². The number of aryl methyl sites for hydroxylation is 1. The molecule has 1 atom stereocenters. The van der Waals surface area contributed by atoms with Crippen LogP contribution in [-0.4, -0.2) is 37.3 Å². The minimum atomic E-state index is -3.65. The number of benzene rings is 2. The van der Waals surface area contributed by atoms with Gasteiger partial charge in [0, 0.05) is 37.4 Å². The van der Waals surface area contributed by atoms with Crippen LogP contribution in [0.4, 0.5) is 5.69 Å². The van der Waals surface area contributed by atoms with Crippen LogP contribution in [0.2, 0.25) is 0 Å². The van der Waals surface area contributed by atoms with Crippen molar-refractivity contribution in [3.8, 4) is 0 Å². The molecule has 0 bridgehead atoms. The zero-order valence-corrected chi connectivity index (χ0v) is 18.1. The Morgan fingerprint density at radius 3 is 2.63 bits per heavy atom. The third kappa shape index (κ3) is 3.12. The molecular weight excluding hydrogens is 402 g/mol. The van der Waals surface area contributed by atoms with Crippen molar-refractivity contribution in [3.63, 3.8) is 0 Å². The van der Waals surface area contributed by atoms with Gasteiger partial charge >= 0.3 is 0 Å². The zero-order chi connectivity index (χ0) is 21.8. The van der Waals surface area contributed by atoms with Crippen molar-refractivity contribution in [2.75, 3.05) is 19.4 Å². The van der Waals surface area contributed by atoms with Crippen LogP contribution in [0.5, 0.6) is 0 Å². The summed E-state index contributed by atoms with van der Waals surface area (Å²) in [5, 5.41) is 3.25. The number of hydrogen-bond donors (Lipinski definition) is 1. The van der Waals surface area contributed by atoms with Gasteiger partial charge in [0.25, 0.3) is 5.91 Å². The topological polar surface area (TPSA) is 88.5 Å². The van der Waals surface area contributed by atoms with E-state index in [-0.39, 0.29) is 21.9 Å². The summed E-state index contributed by atoms with van der Waals surface area (Å²) in [6.45, 7) is 3.81. The highest BCUT2D eigenvalue weighted by atomic mass is 32.2. The summed E-state index contributed by atoms with van der Waals surface area (Å²) in [5.74, 6) is -0.558. The number of amides is 1. The van der Waals surface area contributed by atoms with Crippen LogP contribution in [-0.2, 0) is 16.4 Å². The van der Waals surface area contributed by atoms with Gasteiger partial charge in [0.15, 0.2) is 0 Å². The van der Waals surface area contributed by atoms with E-state index >= 15 is 0 Å². The van der Waals surface area contributed by atoms with Crippen molar-refractivity contribution in [1.29, 1.82) is 0 Å². The van der Waals surface area contributed by atoms with E-state index in [0.717, 1.165) is 21.8 Å². The van der Waals surface area contributed by atoms with Crippen LogP contribution in [0.15, 0.2) is 52.3 Å². The monoisotopic (exact) mass is 425 g/mol. The summed E-state index contributed by atoms with van der Waals surface area (Å²) in [6.07, 6.45) is 2.42. The number of carbonyl (C=O) groups is 1. The molecule has 2 aromatic carbocycles. The first kappa shape index (κ1) is 20.3. The lowest BCUT2D eigenvalue weighted by Gasteiger charge is -2.15. The number of pyridine rings is 1. The van der Waals surface area contributed by atoms with Gasteiger partial charge in [0.2, 0.25) is 15.5 Å². The molecule has 1 N–H and O–H groups in total. The molecule has 3 aromatic rings. The lowest BCUT2D eigenvalue weighted by atomic mass is 10.1. The second kappa shape index (κ2) is 7.07. The molecule has 0 aliphatic carbocycles. The molecule has 30 heavy (non-hydrogen) atoms. The summed E-state index contributed by atoms with van der Waals surface area (Å²) in [6, 6.07) is 10.3. The van der Waals surface area contributed by atoms with Crippen molar-refractivity contribution < 1.29 is 13.2 Å². The number of carbonyl (C=O) groups excluding carboxylic acids is 1. The molecule has 7 nitrogen and oxygen atoms in total. The van der Waals surface area contributed by atoms with Gasteiger partial charge in [0.05, 0.1) is 10.4 Å². The average molecular weight is 426 g/mol. The molecule has 0 saturated heterocycles. The van der Waals surface area contributed by atoms with Crippen molar-refractivity contribution in [2.45, 2.75) is 31.2 Å². The molecule has 1 amide bonds. The van der Waals surface area contributed by atoms with Gasteiger partial charge in [-0.2, -0.15) is 0 Å². The number of rotatable bonds is 4. The SMILES string of the molecule is Cc1ccc(S(=O)(=O)N(C)C)cc1NC(=O)c1cn2c3c(cccc3c1=O)C[C@H]2C. The highest BCUT2D eigenvalue weighted by molar-refractivity contribution is 7.89. The quantitative estimate of drug-likeness (QED) is 0.696. The van der Waals surface area contributed by atoms with Crippen molar-refractivity contribution in [3.05, 3.63) is 69.5 Å². The van der Waals surface area contributed by atoms with Gasteiger partial charge < -0.3 is 9.88 Å². The second-order valence-corrected chi connectivity index (χ2v) is 10.0. The molecule has 8 heteroatoms. The van der Waals surface area contributed by atoms with Crippen LogP contribution in [0.1, 0.15) is 34.5 Å². The Hall–Kier alpha value is -2.97. The summed E-state index contributed by atoms with van der Waals surface area (Å²) in [5.41, 5.74) is 2.73. The maximum Gasteiger partial charge on any atom is 0.261 e. The van der Waals surface area contributed by atoms with Crippen LogP contribution >= 0.6 is 0 Å². The van der Waals surface area contributed by atoms with Crippen molar-refractivity contribution >= 4 is 32.5 Å². The van der Waals surface area contributed by atoms with Gasteiger partial charge in [0.1, 0.15) is 5.56 Å². The fourth-order valence-electron chi connectivity index (χ4n) is 3.87. The molecular formula is C22H23N3O4S. The number of nitrogens with zero attached hydrogens (tertiary/aromatic N) is 2. The molecule has 1 aromatic heterocycles. The number of para-hydroxylation sites is 1. The molecule has 1 aliphatic rings. The number of hydrogen-bond acceptors (Lipinski definition) is 4. The predicted molar refractivity (Wildman–Crippen MR) is 117 cm³/mol. The van der Waals surface area contributed by atoms with E-state index in [1.807, 2.05) is 23.6 Å². The fraction of sp³-hybridized carbons (Fsp3) is 0.273. The lowest BCUT2D eigenvalue weighted by molar-refractivity contribution is 0.102. The second-order valence-electron chi connectivity index (χ2n) is 7.86. The Morgan fingerprint density at radius 2 is 1.93 bits per heavy atom. The maximum absolute atomic E-state index is 13.0. The van der Waals surface area contributed by atoms with E-state index in [4.69, 9.17) is 0 Å². The van der Waals surface area contributed by atoms with Crippen molar-refractivity contribution in [2.24, 2.45) is 0 Å². The molecule has 2 heterocycles. The molecule has 1 aliphatic heterocycles. The maximum atomic E-state index is 13.0. The zero-order valence-electron chi connectivity index (χ0n) is 17.3. The lowest BCUT2D eigenvalue weighted by Crippen LogP contribution is -2.25. The molecule has 4 rings (SSSR count). The Kier molecular flexibility index (Phi) is 4.79. The van der Waals surface area contributed by atoms with E-state index in [1.54, 1.807) is 25.3 Å². The first-order valence-electron chi connectivity index (χ1n) is 9.62. The molecule has 0 spiro atoms. The van der Waals surface area contributed by atoms with E-state index < -0.39 is 15.9 Å². The first-order valence-corrected chi connectivity index (χ1v) is 11.1. The van der Waals surface area contributed by atoms with Crippen LogP contribution in [0, 0.1) is 6.92 Å². The molecule has 0 fully saturated rings. The standard InChI is InChI=1S/C22H23N3O4S/c1-13-8-9-16(30(28,29)24(3)4)11-19(13)23-22(27)18-12-25-14(2)10-15-6-5-7-17(20(15)25)21(18)26/h5-9,11-12,14H,10H2,1-4H3,(H,23,27)/t14-/m1/s1. The number of sulfonamides is 1. The molecule has 0 saturated carbocycles. The Balaban J connectivity index is 1.77. The van der Waals surface area contributed by atoms with Crippen molar-refractivity contribution in [1.82, 2.24) is 8.87 Å². The highest BCUT2D eigenvalue weighted by Gasteiger charge is 2.25. The minimum absolute atomic E-state index is 0.0358. The summed E-state index contributed by atoms with van der Waals surface area (Å²) >= 11 is 0. The van der Waals surface area contributed by atoms with Gasteiger partial charge in [-0.15, -0.1) is 0 Å². The van der Waals surface area contributed by atoms with Crippen LogP contribution in [0.3, 0.4) is 0 Å². The fourth-order valence-corrected chi connectivity index (χ4v) is 4.80. The van der Waals surface area contributed by atoms with Gasteiger partial charge in [-0.1, -0.05) is 18.2 Å². The summed E-state index contributed by atoms with van der Waals surface area (Å²) in [4.78, 5) is 26.1. The highest BCUT2D eigenvalue weighted by Crippen LogP contribution is 2.31. The minimum Gasteiger partial charge on any atom is -0.343 e. The van der Waals surface area contributed by atoms with E-state index in [2.05, 4.69) is 5.32 Å². The van der Waals surface area contributed by atoms with E-state index in [1.165, 1.54) is 26.2 Å². The number of nitrogens with one attached hydrogen (secondary N) is 1. The van der Waals surface area contributed by atoms with E-state index in [0.29, 0.717) is 16.6 Å². The van der Waals surface area contributed by atoms with Crippen LogP contribution in [0.25, 0.3) is 10.9 Å². The first-order chi connectivity index (χ1) is 14.1. The molecule has 0 radical (unpaired) electrons. The smallest absolute Gasteiger partial charge is 0.261 e.